The van der Waals surface area contributed by atoms with E-state index in [1.54, 1.807) is 18.3 Å². The van der Waals surface area contributed by atoms with Gasteiger partial charge in [-0.3, -0.25) is 9.59 Å². The fourth-order valence-corrected chi connectivity index (χ4v) is 3.90. The molecule has 2 aliphatic rings. The molecule has 160 valence electrons. The molecule has 9 nitrogen and oxygen atoms in total. The van der Waals surface area contributed by atoms with E-state index < -0.39 is 0 Å². The first-order valence-electron chi connectivity index (χ1n) is 10.6. The van der Waals surface area contributed by atoms with Gasteiger partial charge >= 0.3 is 0 Å². The summed E-state index contributed by atoms with van der Waals surface area (Å²) in [5, 5.41) is 4.99. The Morgan fingerprint density at radius 3 is 2.58 bits per heavy atom. The van der Waals surface area contributed by atoms with Crippen LogP contribution in [-0.2, 0) is 7.05 Å². The van der Waals surface area contributed by atoms with Crippen molar-refractivity contribution in [3.63, 3.8) is 0 Å². The number of hydrogen-bond donors (Lipinski definition) is 0. The summed E-state index contributed by atoms with van der Waals surface area (Å²) in [6.07, 6.45) is 5.16. The third-order valence-corrected chi connectivity index (χ3v) is 6.02. The summed E-state index contributed by atoms with van der Waals surface area (Å²) in [5.74, 6) is 0.490. The Balaban J connectivity index is 1.30. The average Bonchev–Trinajstić information content (AvgIpc) is 2.77. The van der Waals surface area contributed by atoms with Gasteiger partial charge in [-0.2, -0.15) is 5.10 Å². The van der Waals surface area contributed by atoms with Crippen LogP contribution in [0.5, 0.6) is 5.88 Å². The van der Waals surface area contributed by atoms with Crippen LogP contribution in [0.4, 0.5) is 5.69 Å². The van der Waals surface area contributed by atoms with Gasteiger partial charge in [0.2, 0.25) is 5.88 Å². The number of ether oxygens (including phenoxy) is 1. The molecule has 1 aliphatic heterocycles. The van der Waals surface area contributed by atoms with Crippen LogP contribution in [0.1, 0.15) is 29.8 Å². The van der Waals surface area contributed by atoms with Crippen molar-refractivity contribution in [1.29, 1.82) is 0 Å². The molecule has 1 amide bonds. The molecule has 31 heavy (non-hydrogen) atoms. The fourth-order valence-electron chi connectivity index (χ4n) is 3.90. The van der Waals surface area contributed by atoms with E-state index in [0.29, 0.717) is 32.1 Å². The smallest absolute Gasteiger partial charge is 0.274 e. The molecule has 2 aromatic heterocycles. The summed E-state index contributed by atoms with van der Waals surface area (Å²) >= 11 is 0. The Morgan fingerprint density at radius 1 is 1.06 bits per heavy atom. The minimum atomic E-state index is -0.234. The van der Waals surface area contributed by atoms with Crippen molar-refractivity contribution in [2.45, 2.75) is 25.4 Å². The number of carbonyl (C=O) groups excluding carboxylic acids is 1. The van der Waals surface area contributed by atoms with Crippen LogP contribution >= 0.6 is 0 Å². The first-order chi connectivity index (χ1) is 15.1. The first kappa shape index (κ1) is 19.5. The standard InChI is InChI=1S/C22H24N6O3/c1-26-20(29)8-7-19(25-26)22(30)28-11-9-27(10-12-28)15-5-6-18-17(13-15)21(24-14-23-18)31-16-3-2-4-16/h5-8,13-14,16H,2-4,9-12H2,1H3. The minimum absolute atomic E-state index is 0.154. The molecular formula is C22H24N6O3. The molecule has 1 aliphatic carbocycles. The number of anilines is 1. The number of aromatic nitrogens is 4. The van der Waals surface area contributed by atoms with E-state index in [1.807, 2.05) is 6.07 Å². The highest BCUT2D eigenvalue weighted by atomic mass is 16.5. The molecule has 0 N–H and O–H groups in total. The second-order valence-electron chi connectivity index (χ2n) is 8.01. The second-order valence-corrected chi connectivity index (χ2v) is 8.01. The molecule has 0 atom stereocenters. The lowest BCUT2D eigenvalue weighted by molar-refractivity contribution is 0.0738. The van der Waals surface area contributed by atoms with E-state index >= 15 is 0 Å². The van der Waals surface area contributed by atoms with Gasteiger partial charge in [-0.15, -0.1) is 0 Å². The first-order valence-corrected chi connectivity index (χ1v) is 10.6. The van der Waals surface area contributed by atoms with E-state index in [0.717, 1.165) is 29.4 Å². The molecule has 1 saturated heterocycles. The maximum Gasteiger partial charge on any atom is 0.274 e. The number of fused-ring (bicyclic) bond motifs is 1. The lowest BCUT2D eigenvalue weighted by Gasteiger charge is -2.36. The van der Waals surface area contributed by atoms with Crippen LogP contribution in [0, 0.1) is 0 Å². The van der Waals surface area contributed by atoms with Gasteiger partial charge in [0, 0.05) is 45.0 Å². The summed E-state index contributed by atoms with van der Waals surface area (Å²) in [6, 6.07) is 8.98. The molecule has 1 aromatic carbocycles. The third-order valence-electron chi connectivity index (χ3n) is 6.02. The minimum Gasteiger partial charge on any atom is -0.474 e. The predicted molar refractivity (Wildman–Crippen MR) is 115 cm³/mol. The number of nitrogens with zero attached hydrogens (tertiary/aromatic N) is 6. The van der Waals surface area contributed by atoms with Gasteiger partial charge in [-0.1, -0.05) is 0 Å². The van der Waals surface area contributed by atoms with Crippen LogP contribution in [-0.4, -0.2) is 62.8 Å². The molecular weight excluding hydrogens is 396 g/mol. The van der Waals surface area contributed by atoms with Crippen molar-refractivity contribution < 1.29 is 9.53 Å². The van der Waals surface area contributed by atoms with E-state index in [-0.39, 0.29) is 23.3 Å². The van der Waals surface area contributed by atoms with Gasteiger partial charge in [0.15, 0.2) is 0 Å². The number of aryl methyl sites for hydroxylation is 1. The summed E-state index contributed by atoms with van der Waals surface area (Å²) in [5.41, 5.74) is 1.98. The Hall–Kier alpha value is -3.49. The molecule has 9 heteroatoms. The molecule has 3 heterocycles. The Labute approximate surface area is 179 Å². The lowest BCUT2D eigenvalue weighted by Crippen LogP contribution is -2.49. The monoisotopic (exact) mass is 420 g/mol. The van der Waals surface area contributed by atoms with Crippen molar-refractivity contribution in [3.8, 4) is 5.88 Å². The van der Waals surface area contributed by atoms with Gasteiger partial charge < -0.3 is 14.5 Å². The summed E-state index contributed by atoms with van der Waals surface area (Å²) < 4.78 is 7.25. The summed E-state index contributed by atoms with van der Waals surface area (Å²) in [4.78, 5) is 37.0. The summed E-state index contributed by atoms with van der Waals surface area (Å²) in [7, 11) is 1.55. The van der Waals surface area contributed by atoms with Gasteiger partial charge in [0.1, 0.15) is 18.1 Å². The SMILES string of the molecule is Cn1nc(C(=O)N2CCN(c3ccc4ncnc(OC5CCC5)c4c3)CC2)ccc1=O. The zero-order valence-electron chi connectivity index (χ0n) is 17.4. The van der Waals surface area contributed by atoms with Gasteiger partial charge in [0.05, 0.1) is 10.9 Å². The summed E-state index contributed by atoms with van der Waals surface area (Å²) in [6.45, 7) is 2.57. The maximum absolute atomic E-state index is 12.8. The topological polar surface area (TPSA) is 93.5 Å². The fraction of sp³-hybridized carbons (Fsp3) is 0.409. The number of amides is 1. The third kappa shape index (κ3) is 3.83. The van der Waals surface area contributed by atoms with Crippen LogP contribution < -0.4 is 15.2 Å². The zero-order chi connectivity index (χ0) is 21.4. The lowest BCUT2D eigenvalue weighted by atomic mass is 9.96. The van der Waals surface area contributed by atoms with Crippen LogP contribution in [0.15, 0.2) is 41.5 Å². The molecule has 0 radical (unpaired) electrons. The quantitative estimate of drug-likeness (QED) is 0.633. The van der Waals surface area contributed by atoms with E-state index in [1.165, 1.54) is 23.2 Å². The van der Waals surface area contributed by atoms with Gasteiger partial charge in [-0.05, 0) is 43.5 Å². The van der Waals surface area contributed by atoms with Crippen molar-refractivity contribution in [3.05, 3.63) is 52.7 Å². The average molecular weight is 420 g/mol. The van der Waals surface area contributed by atoms with Gasteiger partial charge in [0.25, 0.3) is 11.5 Å². The van der Waals surface area contributed by atoms with Crippen molar-refractivity contribution in [2.75, 3.05) is 31.1 Å². The molecule has 1 saturated carbocycles. The van der Waals surface area contributed by atoms with Crippen LogP contribution in [0.3, 0.4) is 0 Å². The van der Waals surface area contributed by atoms with Crippen LogP contribution in [0.2, 0.25) is 0 Å². The predicted octanol–water partition coefficient (Wildman–Crippen LogP) is 1.62. The normalized spacial score (nSPS) is 16.9. The largest absolute Gasteiger partial charge is 0.474 e. The Kier molecular flexibility index (Phi) is 5.01. The van der Waals surface area contributed by atoms with E-state index in [2.05, 4.69) is 32.1 Å². The maximum atomic E-state index is 12.8. The highest BCUT2D eigenvalue weighted by molar-refractivity contribution is 5.92. The number of hydrogen-bond acceptors (Lipinski definition) is 7. The van der Waals surface area contributed by atoms with Gasteiger partial charge in [-0.25, -0.2) is 14.6 Å². The second kappa shape index (κ2) is 7.98. The highest BCUT2D eigenvalue weighted by Crippen LogP contribution is 2.31. The Bertz CT molecular complexity index is 1180. The molecule has 5 rings (SSSR count). The zero-order valence-corrected chi connectivity index (χ0v) is 17.4. The molecule has 2 fully saturated rings. The molecule has 3 aromatic rings. The molecule has 0 spiro atoms. The molecule has 0 unspecified atom stereocenters. The van der Waals surface area contributed by atoms with E-state index in [4.69, 9.17) is 4.74 Å². The number of benzene rings is 1. The van der Waals surface area contributed by atoms with Crippen LogP contribution in [0.25, 0.3) is 10.9 Å². The Morgan fingerprint density at radius 2 is 1.87 bits per heavy atom. The van der Waals surface area contributed by atoms with E-state index in [9.17, 15) is 9.59 Å². The highest BCUT2D eigenvalue weighted by Gasteiger charge is 2.25. The number of rotatable bonds is 4. The van der Waals surface area contributed by atoms with Crippen molar-refractivity contribution in [2.24, 2.45) is 7.05 Å². The van der Waals surface area contributed by atoms with Crippen molar-refractivity contribution >= 4 is 22.5 Å². The number of piperazine rings is 1. The van der Waals surface area contributed by atoms with Crippen molar-refractivity contribution in [1.82, 2.24) is 24.6 Å². The molecule has 0 bridgehead atoms. The number of carbonyl (C=O) groups is 1.